The molecule has 3 aromatic rings. The summed E-state index contributed by atoms with van der Waals surface area (Å²) < 4.78 is 39.9. The third kappa shape index (κ3) is 4.09. The molecule has 1 saturated heterocycles. The molecule has 6 rings (SSSR count). The Bertz CT molecular complexity index is 1320. The fourth-order valence-electron chi connectivity index (χ4n) is 5.27. The Balaban J connectivity index is 1.46. The van der Waals surface area contributed by atoms with Crippen LogP contribution in [-0.4, -0.2) is 22.1 Å². The smallest absolute Gasteiger partial charge is 0.309 e. The molecule has 0 spiro atoms. The maximum Gasteiger partial charge on any atom is 0.433 e. The van der Waals surface area contributed by atoms with Gasteiger partial charge in [-0.1, -0.05) is 24.1 Å². The van der Waals surface area contributed by atoms with Crippen LogP contribution in [0.3, 0.4) is 0 Å². The van der Waals surface area contributed by atoms with Crippen molar-refractivity contribution in [2.75, 3.05) is 6.54 Å². The van der Waals surface area contributed by atoms with Gasteiger partial charge in [-0.15, -0.1) is 0 Å². The van der Waals surface area contributed by atoms with Crippen LogP contribution in [0.15, 0.2) is 65.2 Å². The minimum absolute atomic E-state index is 0.255. The second kappa shape index (κ2) is 8.55. The molecule has 2 aliphatic heterocycles. The fraction of sp³-hybridized carbons (Fsp3) is 0.333. The average Bonchev–Trinajstić information content (AvgIpc) is 3.13. The maximum absolute atomic E-state index is 12.9. The van der Waals surface area contributed by atoms with Gasteiger partial charge >= 0.3 is 6.18 Å². The molecule has 2 atom stereocenters. The van der Waals surface area contributed by atoms with Gasteiger partial charge in [0.15, 0.2) is 0 Å². The lowest BCUT2D eigenvalue weighted by molar-refractivity contribution is -0.141. The highest BCUT2D eigenvalue weighted by atomic mass is 19.4. The summed E-state index contributed by atoms with van der Waals surface area (Å²) in [7, 11) is 0. The Hall–Kier alpha value is -3.19. The predicted molar refractivity (Wildman–Crippen MR) is 127 cm³/mol. The number of pyridine rings is 2. The van der Waals surface area contributed by atoms with E-state index >= 15 is 0 Å². The molecule has 34 heavy (non-hydrogen) atoms. The number of halogens is 3. The van der Waals surface area contributed by atoms with Gasteiger partial charge in [0.05, 0.1) is 0 Å². The fourth-order valence-corrected chi connectivity index (χ4v) is 5.27. The van der Waals surface area contributed by atoms with E-state index in [4.69, 9.17) is 0 Å². The number of benzene rings is 1. The Kier molecular flexibility index (Phi) is 5.68. The molecule has 0 saturated carbocycles. The molecule has 4 nitrogen and oxygen atoms in total. The van der Waals surface area contributed by atoms with Crippen molar-refractivity contribution in [2.45, 2.75) is 45.3 Å². The summed E-state index contributed by atoms with van der Waals surface area (Å²) >= 11 is 0. The second-order valence-electron chi connectivity index (χ2n) is 9.24. The van der Waals surface area contributed by atoms with Crippen LogP contribution in [0.5, 0.6) is 0 Å². The summed E-state index contributed by atoms with van der Waals surface area (Å²) in [6, 6.07) is 11.9. The van der Waals surface area contributed by atoms with Crippen molar-refractivity contribution in [1.29, 1.82) is 0 Å². The van der Waals surface area contributed by atoms with Gasteiger partial charge in [-0.05, 0) is 79.1 Å². The first-order valence-electron chi connectivity index (χ1n) is 11.5. The number of aromatic nitrogens is 2. The number of nitrogens with zero attached hydrogens (tertiary/aromatic N) is 2. The quantitative estimate of drug-likeness (QED) is 0.534. The summed E-state index contributed by atoms with van der Waals surface area (Å²) in [5.41, 5.74) is 5.75. The van der Waals surface area contributed by atoms with Crippen molar-refractivity contribution in [2.24, 2.45) is 5.92 Å². The number of fused-ring (bicyclic) bond motifs is 3. The van der Waals surface area contributed by atoms with E-state index in [1.807, 2.05) is 12.1 Å². The zero-order valence-electron chi connectivity index (χ0n) is 19.1. The van der Waals surface area contributed by atoms with Gasteiger partial charge in [0.1, 0.15) is 5.69 Å². The lowest BCUT2D eigenvalue weighted by atomic mass is 9.83. The van der Waals surface area contributed by atoms with Crippen molar-refractivity contribution in [3.63, 3.8) is 0 Å². The molecule has 1 N–H and O–H groups in total. The van der Waals surface area contributed by atoms with E-state index in [1.165, 1.54) is 41.7 Å². The summed E-state index contributed by atoms with van der Waals surface area (Å²) in [6.45, 7) is 5.38. The standard InChI is InChI=1S/C27H26F3N3O/c1-16-12-21(7-8-22(16)26-17(2)19-4-3-5-23(26)31-14-19)33-11-10-18(13-25(33)34)20-6-9-24(32-15-20)27(28,29)30/h6-13,15,19,23,31H,3-5,14H2,1-2H3. The molecule has 0 amide bonds. The van der Waals surface area contributed by atoms with Crippen LogP contribution < -0.4 is 10.9 Å². The normalized spacial score (nSPS) is 20.5. The van der Waals surface area contributed by atoms with E-state index < -0.39 is 11.9 Å². The Morgan fingerprint density at radius 3 is 2.53 bits per heavy atom. The molecule has 2 bridgehead atoms. The van der Waals surface area contributed by atoms with E-state index in [0.29, 0.717) is 23.1 Å². The van der Waals surface area contributed by atoms with E-state index in [0.717, 1.165) is 36.5 Å². The molecule has 7 heteroatoms. The van der Waals surface area contributed by atoms with Crippen molar-refractivity contribution in [3.05, 3.63) is 87.6 Å². The monoisotopic (exact) mass is 465 g/mol. The van der Waals surface area contributed by atoms with E-state index in [9.17, 15) is 18.0 Å². The van der Waals surface area contributed by atoms with Gasteiger partial charge in [-0.2, -0.15) is 13.2 Å². The highest BCUT2D eigenvalue weighted by molar-refractivity contribution is 5.76. The summed E-state index contributed by atoms with van der Waals surface area (Å²) in [5.74, 6) is 0.586. The highest BCUT2D eigenvalue weighted by Crippen LogP contribution is 2.39. The van der Waals surface area contributed by atoms with Gasteiger partial charge < -0.3 is 5.32 Å². The Morgan fingerprint density at radius 1 is 1.03 bits per heavy atom. The summed E-state index contributed by atoms with van der Waals surface area (Å²) in [4.78, 5) is 16.4. The molecule has 1 fully saturated rings. The van der Waals surface area contributed by atoms with E-state index in [1.54, 1.807) is 16.8 Å². The van der Waals surface area contributed by atoms with E-state index in [2.05, 4.69) is 30.2 Å². The lowest BCUT2D eigenvalue weighted by Gasteiger charge is -2.31. The highest BCUT2D eigenvalue weighted by Gasteiger charge is 2.32. The number of hydrogen-bond acceptors (Lipinski definition) is 3. The number of nitrogens with one attached hydrogen (secondary N) is 1. The Labute approximate surface area is 196 Å². The lowest BCUT2D eigenvalue weighted by Crippen LogP contribution is -2.37. The molecular formula is C27H26F3N3O. The van der Waals surface area contributed by atoms with Crippen LogP contribution in [0, 0.1) is 12.8 Å². The topological polar surface area (TPSA) is 46.9 Å². The molecule has 1 aromatic carbocycles. The minimum atomic E-state index is -4.49. The molecule has 4 heterocycles. The Morgan fingerprint density at radius 2 is 1.85 bits per heavy atom. The third-order valence-corrected chi connectivity index (χ3v) is 7.13. The largest absolute Gasteiger partial charge is 0.433 e. The van der Waals surface area contributed by atoms with E-state index in [-0.39, 0.29) is 5.56 Å². The van der Waals surface area contributed by atoms with Gasteiger partial charge in [-0.25, -0.2) is 0 Å². The summed E-state index contributed by atoms with van der Waals surface area (Å²) in [6.07, 6.45) is 1.91. The maximum atomic E-state index is 12.9. The van der Waals surface area contributed by atoms with Crippen LogP contribution in [0.25, 0.3) is 22.4 Å². The first-order valence-corrected chi connectivity index (χ1v) is 11.5. The molecule has 0 radical (unpaired) electrons. The molecule has 176 valence electrons. The van der Waals surface area contributed by atoms with Crippen LogP contribution >= 0.6 is 0 Å². The van der Waals surface area contributed by atoms with Crippen LogP contribution in [0.1, 0.15) is 43.0 Å². The third-order valence-electron chi connectivity index (χ3n) is 7.13. The zero-order chi connectivity index (χ0) is 24.0. The first-order chi connectivity index (χ1) is 16.2. The van der Waals surface area contributed by atoms with Crippen molar-refractivity contribution >= 4 is 5.57 Å². The molecule has 1 aliphatic carbocycles. The minimum Gasteiger partial charge on any atom is -0.309 e. The van der Waals surface area contributed by atoms with Gasteiger partial charge in [0.2, 0.25) is 0 Å². The molecule has 2 aromatic heterocycles. The number of rotatable bonds is 3. The SMILES string of the molecule is CC1=C(c2ccc(-n3ccc(-c4ccc(C(F)(F)F)nc4)cc3=O)cc2C)C2CCCC1CN2. The molecular weight excluding hydrogens is 439 g/mol. The second-order valence-corrected chi connectivity index (χ2v) is 9.24. The first kappa shape index (κ1) is 22.6. The van der Waals surface area contributed by atoms with Crippen LogP contribution in [-0.2, 0) is 6.18 Å². The van der Waals surface area contributed by atoms with Gasteiger partial charge in [-0.3, -0.25) is 14.3 Å². The predicted octanol–water partition coefficient (Wildman–Crippen LogP) is 5.77. The van der Waals surface area contributed by atoms with Gasteiger partial charge in [0.25, 0.3) is 5.56 Å². The molecule has 2 unspecified atom stereocenters. The molecule has 3 aliphatic rings. The van der Waals surface area contributed by atoms with Crippen molar-refractivity contribution in [1.82, 2.24) is 14.9 Å². The number of aryl methyl sites for hydroxylation is 1. The van der Waals surface area contributed by atoms with Gasteiger partial charge in [0, 0.05) is 42.3 Å². The summed E-state index contributed by atoms with van der Waals surface area (Å²) in [5, 5.41) is 3.70. The van der Waals surface area contributed by atoms with Crippen LogP contribution in [0.4, 0.5) is 13.2 Å². The van der Waals surface area contributed by atoms with Crippen molar-refractivity contribution < 1.29 is 13.2 Å². The zero-order valence-corrected chi connectivity index (χ0v) is 19.1. The van der Waals surface area contributed by atoms with Crippen molar-refractivity contribution in [3.8, 4) is 16.8 Å². The number of alkyl halides is 3. The van der Waals surface area contributed by atoms with Crippen LogP contribution in [0.2, 0.25) is 0 Å². The average molecular weight is 466 g/mol. The number of hydrogen-bond donors (Lipinski definition) is 1.